The molecular weight excluding hydrogens is 464 g/mol. The lowest BCUT2D eigenvalue weighted by Crippen LogP contribution is -2.20. The van der Waals surface area contributed by atoms with Crippen molar-refractivity contribution in [1.29, 1.82) is 0 Å². The smallest absolute Gasteiger partial charge is 0.0966 e. The van der Waals surface area contributed by atoms with Crippen LogP contribution in [0.3, 0.4) is 0 Å². The van der Waals surface area contributed by atoms with E-state index in [4.69, 9.17) is 4.74 Å². The summed E-state index contributed by atoms with van der Waals surface area (Å²) < 4.78 is 6.23. The number of hydrogen-bond acceptors (Lipinski definition) is 2. The second-order valence-corrected chi connectivity index (χ2v) is 12.9. The van der Waals surface area contributed by atoms with Gasteiger partial charge in [-0.2, -0.15) is 0 Å². The Morgan fingerprint density at radius 3 is 1.00 bits per heavy atom. The molecular formula is C36H72O2. The van der Waals surface area contributed by atoms with Gasteiger partial charge in [0.25, 0.3) is 0 Å². The van der Waals surface area contributed by atoms with Crippen molar-refractivity contribution in [2.24, 2.45) is 0 Å². The molecule has 0 amide bonds. The summed E-state index contributed by atoms with van der Waals surface area (Å²) in [6.45, 7) is 5.45. The fraction of sp³-hybridized carbons (Fsp3) is 1.00. The van der Waals surface area contributed by atoms with Crippen LogP contribution in [0, 0.1) is 0 Å². The van der Waals surface area contributed by atoms with Crippen molar-refractivity contribution >= 4 is 0 Å². The lowest BCUT2D eigenvalue weighted by Gasteiger charge is -2.17. The highest BCUT2D eigenvalue weighted by Crippen LogP contribution is 2.44. The van der Waals surface area contributed by atoms with E-state index in [9.17, 15) is 5.11 Å². The van der Waals surface area contributed by atoms with Gasteiger partial charge in [0.1, 0.15) is 0 Å². The number of aliphatic hydroxyl groups excluding tert-OH is 1. The third-order valence-electron chi connectivity index (χ3n) is 9.08. The lowest BCUT2D eigenvalue weighted by molar-refractivity contribution is -0.00891. The van der Waals surface area contributed by atoms with E-state index in [-0.39, 0.29) is 11.7 Å². The van der Waals surface area contributed by atoms with Crippen LogP contribution in [0.5, 0.6) is 0 Å². The van der Waals surface area contributed by atoms with Crippen LogP contribution in [0.25, 0.3) is 0 Å². The summed E-state index contributed by atoms with van der Waals surface area (Å²) in [5, 5.41) is 10.2. The van der Waals surface area contributed by atoms with E-state index in [0.717, 1.165) is 19.4 Å². The molecule has 2 atom stereocenters. The molecule has 1 N–H and O–H groups in total. The van der Waals surface area contributed by atoms with E-state index in [0.29, 0.717) is 0 Å². The van der Waals surface area contributed by atoms with E-state index in [1.165, 1.54) is 186 Å². The highest BCUT2D eigenvalue weighted by Gasteiger charge is 2.54. The molecule has 0 bridgehead atoms. The van der Waals surface area contributed by atoms with Crippen molar-refractivity contribution in [2.75, 3.05) is 6.61 Å². The van der Waals surface area contributed by atoms with Crippen molar-refractivity contribution in [3.05, 3.63) is 0 Å². The molecule has 0 aromatic carbocycles. The molecule has 1 fully saturated rings. The topological polar surface area (TPSA) is 29.5 Å². The van der Waals surface area contributed by atoms with Crippen molar-refractivity contribution in [2.45, 2.75) is 225 Å². The zero-order chi connectivity index (χ0) is 27.4. The Kier molecular flexibility index (Phi) is 25.6. The second-order valence-electron chi connectivity index (χ2n) is 12.9. The summed E-state index contributed by atoms with van der Waals surface area (Å²) in [4.78, 5) is 0. The van der Waals surface area contributed by atoms with Crippen molar-refractivity contribution in [1.82, 2.24) is 0 Å². The van der Waals surface area contributed by atoms with Crippen LogP contribution in [-0.2, 0) is 4.74 Å². The van der Waals surface area contributed by atoms with Crippen LogP contribution in [0.15, 0.2) is 0 Å². The molecule has 0 saturated heterocycles. The highest BCUT2D eigenvalue weighted by molar-refractivity contribution is 5.05. The van der Waals surface area contributed by atoms with E-state index in [1.807, 2.05) is 0 Å². The maximum Gasteiger partial charge on any atom is 0.0966 e. The number of aliphatic hydroxyl groups is 1. The molecule has 1 rings (SSSR count). The first kappa shape index (κ1) is 35.9. The molecule has 1 saturated carbocycles. The summed E-state index contributed by atoms with van der Waals surface area (Å²) in [7, 11) is 0. The molecule has 1 aliphatic rings. The molecule has 1 aliphatic carbocycles. The molecule has 0 heterocycles. The molecule has 2 nitrogen and oxygen atoms in total. The van der Waals surface area contributed by atoms with Gasteiger partial charge >= 0.3 is 0 Å². The van der Waals surface area contributed by atoms with Gasteiger partial charge in [0.15, 0.2) is 0 Å². The van der Waals surface area contributed by atoms with E-state index in [2.05, 4.69) is 13.8 Å². The molecule has 0 radical (unpaired) electrons. The minimum absolute atomic E-state index is 0.159. The Morgan fingerprint density at radius 1 is 0.447 bits per heavy atom. The van der Waals surface area contributed by atoms with E-state index < -0.39 is 0 Å². The Morgan fingerprint density at radius 2 is 0.711 bits per heavy atom. The summed E-state index contributed by atoms with van der Waals surface area (Å²) in [6.07, 6.45) is 42.4. The summed E-state index contributed by atoms with van der Waals surface area (Å²) in [6, 6.07) is 0. The standard InChI is InChI=1S/C36H72O2/c1-3-5-7-9-11-13-15-17-18-19-21-23-25-27-29-31-33-38-36(34-35(36)37)32-30-28-26-24-22-20-16-14-12-10-8-6-4-2/h35,37H,3-34H2,1-2H3. The average Bonchev–Trinajstić information content (AvgIpc) is 3.57. The minimum atomic E-state index is -0.194. The van der Waals surface area contributed by atoms with E-state index in [1.54, 1.807) is 0 Å². The quantitative estimate of drug-likeness (QED) is 0.0866. The highest BCUT2D eigenvalue weighted by atomic mass is 16.5. The van der Waals surface area contributed by atoms with Crippen molar-refractivity contribution in [3.8, 4) is 0 Å². The number of rotatable bonds is 32. The monoisotopic (exact) mass is 537 g/mol. The van der Waals surface area contributed by atoms with Gasteiger partial charge < -0.3 is 9.84 Å². The number of hydrogen-bond donors (Lipinski definition) is 1. The Labute approximate surface area is 240 Å². The lowest BCUT2D eigenvalue weighted by atomic mass is 10.0. The van der Waals surface area contributed by atoms with Gasteiger partial charge in [0, 0.05) is 13.0 Å². The number of unbranched alkanes of at least 4 members (excludes halogenated alkanes) is 27. The fourth-order valence-corrected chi connectivity index (χ4v) is 6.13. The third-order valence-corrected chi connectivity index (χ3v) is 9.08. The molecule has 2 unspecified atom stereocenters. The molecule has 228 valence electrons. The van der Waals surface area contributed by atoms with Crippen molar-refractivity contribution in [3.63, 3.8) is 0 Å². The maximum absolute atomic E-state index is 10.2. The zero-order valence-electron chi connectivity index (χ0n) is 26.6. The van der Waals surface area contributed by atoms with Gasteiger partial charge in [-0.3, -0.25) is 0 Å². The largest absolute Gasteiger partial charge is 0.390 e. The van der Waals surface area contributed by atoms with Crippen LogP contribution in [0.1, 0.15) is 213 Å². The predicted molar refractivity (Wildman–Crippen MR) is 169 cm³/mol. The first-order valence-electron chi connectivity index (χ1n) is 18.1. The molecule has 0 spiro atoms. The van der Waals surface area contributed by atoms with Gasteiger partial charge in [-0.15, -0.1) is 0 Å². The minimum Gasteiger partial charge on any atom is -0.390 e. The van der Waals surface area contributed by atoms with Crippen molar-refractivity contribution < 1.29 is 9.84 Å². The predicted octanol–water partition coefficient (Wildman–Crippen LogP) is 12.2. The Balaban J connectivity index is 1.79. The normalized spacial score (nSPS) is 18.9. The van der Waals surface area contributed by atoms with Gasteiger partial charge in [-0.1, -0.05) is 194 Å². The molecule has 0 aromatic rings. The van der Waals surface area contributed by atoms with Crippen LogP contribution in [0.2, 0.25) is 0 Å². The summed E-state index contributed by atoms with van der Waals surface area (Å²) >= 11 is 0. The average molecular weight is 537 g/mol. The van der Waals surface area contributed by atoms with Gasteiger partial charge in [0.05, 0.1) is 11.7 Å². The first-order valence-corrected chi connectivity index (χ1v) is 18.1. The van der Waals surface area contributed by atoms with Crippen LogP contribution in [-0.4, -0.2) is 23.4 Å². The summed E-state index contributed by atoms with van der Waals surface area (Å²) in [5.41, 5.74) is -0.159. The van der Waals surface area contributed by atoms with E-state index >= 15 is 0 Å². The zero-order valence-corrected chi connectivity index (χ0v) is 26.6. The summed E-state index contributed by atoms with van der Waals surface area (Å²) in [5.74, 6) is 0. The van der Waals surface area contributed by atoms with Crippen LogP contribution >= 0.6 is 0 Å². The van der Waals surface area contributed by atoms with Gasteiger partial charge in [-0.05, 0) is 12.8 Å². The molecule has 38 heavy (non-hydrogen) atoms. The third kappa shape index (κ3) is 21.7. The first-order chi connectivity index (χ1) is 18.7. The van der Waals surface area contributed by atoms with Crippen LogP contribution in [0.4, 0.5) is 0 Å². The molecule has 0 aromatic heterocycles. The number of ether oxygens (including phenoxy) is 1. The van der Waals surface area contributed by atoms with Gasteiger partial charge in [0.2, 0.25) is 0 Å². The SMILES string of the molecule is CCCCCCCCCCCCCCCCCCOC1(CCCCCCCCCCCCCCC)CC1O. The second kappa shape index (κ2) is 27.1. The maximum atomic E-state index is 10.2. The fourth-order valence-electron chi connectivity index (χ4n) is 6.13. The van der Waals surface area contributed by atoms with Gasteiger partial charge in [-0.25, -0.2) is 0 Å². The Hall–Kier alpha value is -0.0800. The van der Waals surface area contributed by atoms with Crippen LogP contribution < -0.4 is 0 Å². The molecule has 0 aliphatic heterocycles. The molecule has 2 heteroatoms. The Bertz CT molecular complexity index is 464.